The predicted octanol–water partition coefficient (Wildman–Crippen LogP) is 4.45. The van der Waals surface area contributed by atoms with E-state index in [1.807, 2.05) is 48.5 Å². The number of anilines is 1. The lowest BCUT2D eigenvalue weighted by Crippen LogP contribution is -2.13. The van der Waals surface area contributed by atoms with Crippen LogP contribution in [-0.2, 0) is 4.79 Å². The number of carbonyl (C=O) groups excluding carboxylic acids is 1. The van der Waals surface area contributed by atoms with Crippen molar-refractivity contribution in [3.8, 4) is 0 Å². The summed E-state index contributed by atoms with van der Waals surface area (Å²) < 4.78 is 1.06. The fourth-order valence-corrected chi connectivity index (χ4v) is 3.11. The summed E-state index contributed by atoms with van der Waals surface area (Å²) in [5.41, 5.74) is 1.77. The van der Waals surface area contributed by atoms with Gasteiger partial charge in [0.25, 0.3) is 0 Å². The molecule has 0 atom stereocenters. The number of benzene rings is 2. The number of nitrogens with one attached hydrogen (secondary N) is 2. The van der Waals surface area contributed by atoms with E-state index in [1.165, 1.54) is 0 Å². The van der Waals surface area contributed by atoms with Crippen LogP contribution in [0.3, 0.4) is 0 Å². The van der Waals surface area contributed by atoms with Gasteiger partial charge in [0.15, 0.2) is 0 Å². The van der Waals surface area contributed by atoms with E-state index in [-0.39, 0.29) is 5.91 Å². The molecule has 4 nitrogen and oxygen atoms in total. The highest BCUT2D eigenvalue weighted by Gasteiger charge is 2.07. The van der Waals surface area contributed by atoms with Crippen molar-refractivity contribution in [2.45, 2.75) is 11.3 Å². The Bertz CT molecular complexity index is 752. The number of hydrogen-bond donors (Lipinski definition) is 2. The summed E-state index contributed by atoms with van der Waals surface area (Å²) in [6.45, 7) is 0. The average molecular weight is 376 g/mol. The summed E-state index contributed by atoms with van der Waals surface area (Å²) in [5.74, 6) is 1.19. The lowest BCUT2D eigenvalue weighted by molar-refractivity contribution is -0.115. The molecule has 0 spiro atoms. The highest BCUT2D eigenvalue weighted by Crippen LogP contribution is 2.21. The van der Waals surface area contributed by atoms with Crippen molar-refractivity contribution < 1.29 is 4.79 Å². The van der Waals surface area contributed by atoms with Gasteiger partial charge in [-0.05, 0) is 36.4 Å². The Morgan fingerprint density at radius 1 is 1.18 bits per heavy atom. The van der Waals surface area contributed by atoms with Gasteiger partial charge >= 0.3 is 0 Å². The molecule has 6 heteroatoms. The summed E-state index contributed by atoms with van der Waals surface area (Å²) in [6.07, 6.45) is 0.442. The first-order valence-corrected chi connectivity index (χ1v) is 8.61. The monoisotopic (exact) mass is 375 g/mol. The molecule has 0 fully saturated rings. The Kier molecular flexibility index (Phi) is 4.80. The third-order valence-electron chi connectivity index (χ3n) is 3.06. The minimum absolute atomic E-state index is 0.0383. The van der Waals surface area contributed by atoms with Crippen molar-refractivity contribution in [3.63, 3.8) is 0 Å². The molecule has 0 radical (unpaired) electrons. The number of carbonyl (C=O) groups is 1. The van der Waals surface area contributed by atoms with Crippen molar-refractivity contribution in [2.75, 3.05) is 11.1 Å². The zero-order valence-electron chi connectivity index (χ0n) is 11.7. The van der Waals surface area contributed by atoms with Crippen LogP contribution in [0.4, 0.5) is 5.95 Å². The molecule has 1 amide bonds. The van der Waals surface area contributed by atoms with E-state index in [2.05, 4.69) is 31.2 Å². The van der Waals surface area contributed by atoms with Crippen molar-refractivity contribution in [3.05, 3.63) is 53.0 Å². The number of H-pyrrole nitrogens is 1. The maximum absolute atomic E-state index is 11.9. The van der Waals surface area contributed by atoms with Crippen LogP contribution in [0.5, 0.6) is 0 Å². The van der Waals surface area contributed by atoms with Crippen LogP contribution < -0.4 is 5.32 Å². The molecule has 1 aromatic heterocycles. The van der Waals surface area contributed by atoms with Crippen molar-refractivity contribution in [1.82, 2.24) is 9.97 Å². The minimum Gasteiger partial charge on any atom is -0.324 e. The average Bonchev–Trinajstić information content (AvgIpc) is 2.91. The Morgan fingerprint density at radius 3 is 2.73 bits per heavy atom. The third kappa shape index (κ3) is 3.90. The molecule has 0 aliphatic carbocycles. The number of nitrogens with zero attached hydrogens (tertiary/aromatic N) is 1. The molecule has 22 heavy (non-hydrogen) atoms. The first-order valence-electron chi connectivity index (χ1n) is 6.84. The van der Waals surface area contributed by atoms with Gasteiger partial charge in [0.1, 0.15) is 0 Å². The van der Waals surface area contributed by atoms with Crippen molar-refractivity contribution >= 4 is 50.6 Å². The van der Waals surface area contributed by atoms with Crippen LogP contribution in [0.2, 0.25) is 0 Å². The molecule has 0 unspecified atom stereocenters. The van der Waals surface area contributed by atoms with E-state index in [1.54, 1.807) is 11.8 Å². The second-order valence-corrected chi connectivity index (χ2v) is 6.79. The van der Waals surface area contributed by atoms with Gasteiger partial charge in [-0.3, -0.25) is 10.1 Å². The van der Waals surface area contributed by atoms with Gasteiger partial charge in [-0.25, -0.2) is 4.98 Å². The Morgan fingerprint density at radius 2 is 1.95 bits per heavy atom. The van der Waals surface area contributed by atoms with E-state index < -0.39 is 0 Å². The quantitative estimate of drug-likeness (QED) is 0.647. The normalized spacial score (nSPS) is 10.8. The highest BCUT2D eigenvalue weighted by molar-refractivity contribution is 9.10. The maximum Gasteiger partial charge on any atom is 0.227 e. The topological polar surface area (TPSA) is 57.8 Å². The fourth-order valence-electron chi connectivity index (χ4n) is 2.00. The number of thioether (sulfide) groups is 1. The predicted molar refractivity (Wildman–Crippen MR) is 94.2 cm³/mol. The van der Waals surface area contributed by atoms with E-state index in [9.17, 15) is 4.79 Å². The van der Waals surface area contributed by atoms with Crippen LogP contribution in [-0.4, -0.2) is 21.6 Å². The molecular weight excluding hydrogens is 362 g/mol. The first-order chi connectivity index (χ1) is 10.7. The van der Waals surface area contributed by atoms with Crippen LogP contribution in [0, 0.1) is 0 Å². The van der Waals surface area contributed by atoms with Crippen molar-refractivity contribution in [1.29, 1.82) is 0 Å². The molecule has 3 rings (SSSR count). The molecule has 3 aromatic rings. The molecule has 0 bridgehead atoms. The summed E-state index contributed by atoms with van der Waals surface area (Å²) in [5, 5.41) is 2.80. The van der Waals surface area contributed by atoms with Gasteiger partial charge in [-0.15, -0.1) is 11.8 Å². The number of amides is 1. The van der Waals surface area contributed by atoms with Gasteiger partial charge < -0.3 is 4.98 Å². The Labute approximate surface area is 140 Å². The van der Waals surface area contributed by atoms with Crippen molar-refractivity contribution in [2.24, 2.45) is 0 Å². The van der Waals surface area contributed by atoms with Crippen LogP contribution in [0.1, 0.15) is 6.42 Å². The fraction of sp³-hybridized carbons (Fsp3) is 0.125. The van der Waals surface area contributed by atoms with E-state index in [0.717, 1.165) is 26.2 Å². The van der Waals surface area contributed by atoms with Gasteiger partial charge in [0.2, 0.25) is 11.9 Å². The number of imidazole rings is 1. The number of fused-ring (bicyclic) bond motifs is 1. The summed E-state index contributed by atoms with van der Waals surface area (Å²) >= 11 is 5.07. The van der Waals surface area contributed by atoms with Crippen LogP contribution in [0.25, 0.3) is 11.0 Å². The van der Waals surface area contributed by atoms with E-state index in [4.69, 9.17) is 0 Å². The molecule has 0 aliphatic rings. The lowest BCUT2D eigenvalue weighted by Gasteiger charge is -2.02. The lowest BCUT2D eigenvalue weighted by atomic mass is 10.3. The zero-order chi connectivity index (χ0) is 15.4. The first kappa shape index (κ1) is 15.1. The molecule has 0 saturated carbocycles. The maximum atomic E-state index is 11.9. The highest BCUT2D eigenvalue weighted by atomic mass is 79.9. The summed E-state index contributed by atoms with van der Waals surface area (Å²) in [6, 6.07) is 15.8. The molecule has 2 aromatic carbocycles. The summed E-state index contributed by atoms with van der Waals surface area (Å²) in [7, 11) is 0. The molecule has 0 aliphatic heterocycles. The number of aromatic nitrogens is 2. The van der Waals surface area contributed by atoms with Gasteiger partial charge in [-0.2, -0.15) is 0 Å². The zero-order valence-corrected chi connectivity index (χ0v) is 14.1. The standard InChI is InChI=1S/C16H14BrN3OS/c17-11-5-7-12(8-6-11)22-10-9-15(21)20-16-18-13-3-1-2-4-14(13)19-16/h1-8H,9-10H2,(H2,18,19,20,21). The minimum atomic E-state index is -0.0383. The second kappa shape index (κ2) is 6.98. The van der Waals surface area contributed by atoms with Gasteiger partial charge in [-0.1, -0.05) is 28.1 Å². The Hall–Kier alpha value is -1.79. The number of rotatable bonds is 5. The molecule has 112 valence electrons. The number of para-hydroxylation sites is 2. The molecule has 0 saturated heterocycles. The number of aromatic amines is 1. The van der Waals surface area contributed by atoms with Crippen LogP contribution in [0.15, 0.2) is 57.9 Å². The van der Waals surface area contributed by atoms with E-state index in [0.29, 0.717) is 12.4 Å². The van der Waals surface area contributed by atoms with E-state index >= 15 is 0 Å². The molecule has 2 N–H and O–H groups in total. The molecule has 1 heterocycles. The SMILES string of the molecule is O=C(CCSc1ccc(Br)cc1)Nc1nc2ccccc2[nH]1. The number of halogens is 1. The van der Waals surface area contributed by atoms with Crippen LogP contribution >= 0.6 is 27.7 Å². The smallest absolute Gasteiger partial charge is 0.227 e. The third-order valence-corrected chi connectivity index (χ3v) is 4.60. The van der Waals surface area contributed by atoms with Gasteiger partial charge in [0.05, 0.1) is 11.0 Å². The van der Waals surface area contributed by atoms with Gasteiger partial charge in [0, 0.05) is 21.5 Å². The largest absolute Gasteiger partial charge is 0.324 e. The summed E-state index contributed by atoms with van der Waals surface area (Å²) in [4.78, 5) is 20.5. The Balaban J connectivity index is 1.50. The second-order valence-electron chi connectivity index (χ2n) is 4.70. The number of hydrogen-bond acceptors (Lipinski definition) is 3. The molecular formula is C16H14BrN3OS.